The van der Waals surface area contributed by atoms with Crippen LogP contribution in [0.4, 0.5) is 5.69 Å². The molecule has 0 unspecified atom stereocenters. The molecule has 0 aliphatic rings. The molecule has 0 saturated carbocycles. The Hall–Kier alpha value is -2.82. The molecule has 0 aliphatic heterocycles. The monoisotopic (exact) mass is 299 g/mol. The van der Waals surface area contributed by atoms with Gasteiger partial charge in [-0.15, -0.1) is 0 Å². The van der Waals surface area contributed by atoms with E-state index in [1.54, 1.807) is 55.6 Å². The lowest BCUT2D eigenvalue weighted by atomic mass is 10.1. The van der Waals surface area contributed by atoms with Crippen molar-refractivity contribution in [3.05, 3.63) is 60.2 Å². The maximum atomic E-state index is 12.4. The van der Waals surface area contributed by atoms with Crippen LogP contribution >= 0.6 is 0 Å². The largest absolute Gasteiger partial charge is 0.497 e. The Morgan fingerprint density at radius 3 is 2.18 bits per heavy atom. The summed E-state index contributed by atoms with van der Waals surface area (Å²) >= 11 is 0. The molecule has 2 aromatic rings. The first-order valence-corrected chi connectivity index (χ1v) is 6.77. The summed E-state index contributed by atoms with van der Waals surface area (Å²) < 4.78 is 10.2. The van der Waals surface area contributed by atoms with Gasteiger partial charge in [-0.3, -0.25) is 9.59 Å². The van der Waals surface area contributed by atoms with Crippen molar-refractivity contribution in [3.63, 3.8) is 0 Å². The first kappa shape index (κ1) is 15.6. The van der Waals surface area contributed by atoms with E-state index in [1.165, 1.54) is 6.92 Å². The summed E-state index contributed by atoms with van der Waals surface area (Å²) in [6.07, 6.45) is -0.985. The van der Waals surface area contributed by atoms with E-state index in [2.05, 4.69) is 5.32 Å². The minimum Gasteiger partial charge on any atom is -0.497 e. The quantitative estimate of drug-likeness (QED) is 0.862. The van der Waals surface area contributed by atoms with E-state index >= 15 is 0 Å². The fourth-order valence-electron chi connectivity index (χ4n) is 1.95. The number of esters is 1. The topological polar surface area (TPSA) is 64.6 Å². The number of hydrogen-bond donors (Lipinski definition) is 1. The van der Waals surface area contributed by atoms with Gasteiger partial charge in [0.05, 0.1) is 7.11 Å². The SMILES string of the molecule is COc1ccc(NC(=O)[C@@H](OC(C)=O)c2ccccc2)cc1. The van der Waals surface area contributed by atoms with Crippen LogP contribution in [-0.2, 0) is 14.3 Å². The Morgan fingerprint density at radius 2 is 1.64 bits per heavy atom. The molecule has 0 bridgehead atoms. The molecule has 5 heteroatoms. The second kappa shape index (κ2) is 7.26. The zero-order valence-corrected chi connectivity index (χ0v) is 12.4. The third kappa shape index (κ3) is 4.09. The van der Waals surface area contributed by atoms with Crippen LogP contribution in [0.1, 0.15) is 18.6 Å². The van der Waals surface area contributed by atoms with Crippen molar-refractivity contribution in [1.82, 2.24) is 0 Å². The highest BCUT2D eigenvalue weighted by atomic mass is 16.5. The van der Waals surface area contributed by atoms with Crippen molar-refractivity contribution in [3.8, 4) is 5.75 Å². The van der Waals surface area contributed by atoms with Gasteiger partial charge < -0.3 is 14.8 Å². The molecule has 0 aromatic heterocycles. The van der Waals surface area contributed by atoms with Gasteiger partial charge in [-0.05, 0) is 24.3 Å². The number of carbonyl (C=O) groups is 2. The van der Waals surface area contributed by atoms with Crippen LogP contribution in [-0.4, -0.2) is 19.0 Å². The lowest BCUT2D eigenvalue weighted by molar-refractivity contribution is -0.152. The molecule has 0 radical (unpaired) electrons. The number of carbonyl (C=O) groups excluding carboxylic acids is 2. The second-order valence-electron chi connectivity index (χ2n) is 4.62. The van der Waals surface area contributed by atoms with Crippen molar-refractivity contribution >= 4 is 17.6 Å². The van der Waals surface area contributed by atoms with Crippen molar-refractivity contribution in [2.75, 3.05) is 12.4 Å². The number of hydrogen-bond acceptors (Lipinski definition) is 4. The lowest BCUT2D eigenvalue weighted by Gasteiger charge is -2.17. The molecule has 0 heterocycles. The Bertz CT molecular complexity index is 637. The van der Waals surface area contributed by atoms with Crippen molar-refractivity contribution in [2.24, 2.45) is 0 Å². The molecule has 5 nitrogen and oxygen atoms in total. The summed E-state index contributed by atoms with van der Waals surface area (Å²) in [5.74, 6) is -0.233. The number of rotatable bonds is 5. The van der Waals surface area contributed by atoms with Gasteiger partial charge >= 0.3 is 5.97 Å². The highest BCUT2D eigenvalue weighted by Crippen LogP contribution is 2.21. The standard InChI is InChI=1S/C17H17NO4/c1-12(19)22-16(13-6-4-3-5-7-13)17(20)18-14-8-10-15(21-2)11-9-14/h3-11,16H,1-2H3,(H,18,20)/t16-/m0/s1. The van der Waals surface area contributed by atoms with Crippen LogP contribution in [0.25, 0.3) is 0 Å². The molecule has 0 spiro atoms. The molecule has 0 fully saturated rings. The Morgan fingerprint density at radius 1 is 1.00 bits per heavy atom. The van der Waals surface area contributed by atoms with Gasteiger partial charge in [0.1, 0.15) is 5.75 Å². The summed E-state index contributed by atoms with van der Waals surface area (Å²) in [6, 6.07) is 15.8. The number of nitrogens with one attached hydrogen (secondary N) is 1. The van der Waals surface area contributed by atoms with E-state index in [0.717, 1.165) is 0 Å². The molecular formula is C17H17NO4. The number of ether oxygens (including phenoxy) is 2. The molecule has 2 aromatic carbocycles. The molecule has 114 valence electrons. The zero-order valence-electron chi connectivity index (χ0n) is 12.4. The van der Waals surface area contributed by atoms with Gasteiger partial charge in [0.2, 0.25) is 6.10 Å². The smallest absolute Gasteiger partial charge is 0.303 e. The van der Waals surface area contributed by atoms with Crippen LogP contribution in [0, 0.1) is 0 Å². The summed E-state index contributed by atoms with van der Waals surface area (Å²) in [4.78, 5) is 23.6. The van der Waals surface area contributed by atoms with E-state index < -0.39 is 18.0 Å². The lowest BCUT2D eigenvalue weighted by Crippen LogP contribution is -2.25. The van der Waals surface area contributed by atoms with Crippen LogP contribution in [0.2, 0.25) is 0 Å². The maximum Gasteiger partial charge on any atom is 0.303 e. The number of anilines is 1. The van der Waals surface area contributed by atoms with Crippen LogP contribution in [0.5, 0.6) is 5.75 Å². The first-order valence-electron chi connectivity index (χ1n) is 6.77. The van der Waals surface area contributed by atoms with Gasteiger partial charge in [-0.1, -0.05) is 30.3 Å². The summed E-state index contributed by atoms with van der Waals surface area (Å²) in [5.41, 5.74) is 1.21. The Kier molecular flexibility index (Phi) is 5.14. The molecule has 0 saturated heterocycles. The minimum absolute atomic E-state index is 0.411. The molecule has 1 N–H and O–H groups in total. The fraction of sp³-hybridized carbons (Fsp3) is 0.176. The summed E-state index contributed by atoms with van der Waals surface area (Å²) in [7, 11) is 1.57. The molecule has 1 amide bonds. The third-order valence-electron chi connectivity index (χ3n) is 2.98. The average molecular weight is 299 g/mol. The van der Waals surface area contributed by atoms with Crippen molar-refractivity contribution in [1.29, 1.82) is 0 Å². The van der Waals surface area contributed by atoms with Gasteiger partial charge in [0, 0.05) is 18.2 Å². The predicted octanol–water partition coefficient (Wildman–Crippen LogP) is 2.94. The average Bonchev–Trinajstić information content (AvgIpc) is 2.54. The number of benzene rings is 2. The van der Waals surface area contributed by atoms with Gasteiger partial charge in [0.15, 0.2) is 0 Å². The highest BCUT2D eigenvalue weighted by Gasteiger charge is 2.23. The van der Waals surface area contributed by atoms with Crippen molar-refractivity contribution in [2.45, 2.75) is 13.0 Å². The van der Waals surface area contributed by atoms with Gasteiger partial charge in [-0.25, -0.2) is 0 Å². The summed E-state index contributed by atoms with van der Waals surface area (Å²) in [5, 5.41) is 2.73. The number of amides is 1. The van der Waals surface area contributed by atoms with Crippen LogP contribution in [0.3, 0.4) is 0 Å². The Balaban J connectivity index is 2.16. The van der Waals surface area contributed by atoms with Gasteiger partial charge in [0.25, 0.3) is 5.91 Å². The van der Waals surface area contributed by atoms with Crippen molar-refractivity contribution < 1.29 is 19.1 Å². The fourth-order valence-corrected chi connectivity index (χ4v) is 1.95. The third-order valence-corrected chi connectivity index (χ3v) is 2.98. The normalized spacial score (nSPS) is 11.4. The van der Waals surface area contributed by atoms with E-state index in [0.29, 0.717) is 17.0 Å². The molecular weight excluding hydrogens is 282 g/mol. The number of methoxy groups -OCH3 is 1. The molecule has 0 aliphatic carbocycles. The Labute approximate surface area is 128 Å². The van der Waals surface area contributed by atoms with E-state index in [-0.39, 0.29) is 0 Å². The highest BCUT2D eigenvalue weighted by molar-refractivity contribution is 5.96. The predicted molar refractivity (Wildman–Crippen MR) is 82.6 cm³/mol. The van der Waals surface area contributed by atoms with Gasteiger partial charge in [-0.2, -0.15) is 0 Å². The summed E-state index contributed by atoms with van der Waals surface area (Å²) in [6.45, 7) is 1.27. The minimum atomic E-state index is -0.985. The molecule has 1 atom stereocenters. The van der Waals surface area contributed by atoms with Crippen LogP contribution < -0.4 is 10.1 Å². The second-order valence-corrected chi connectivity index (χ2v) is 4.62. The van der Waals surface area contributed by atoms with Crippen LogP contribution in [0.15, 0.2) is 54.6 Å². The maximum absolute atomic E-state index is 12.4. The van der Waals surface area contributed by atoms with E-state index in [4.69, 9.17) is 9.47 Å². The van der Waals surface area contributed by atoms with E-state index in [9.17, 15) is 9.59 Å². The van der Waals surface area contributed by atoms with E-state index in [1.807, 2.05) is 6.07 Å². The molecule has 22 heavy (non-hydrogen) atoms. The molecule has 2 rings (SSSR count). The first-order chi connectivity index (χ1) is 10.6. The zero-order chi connectivity index (χ0) is 15.9.